The van der Waals surface area contributed by atoms with Gasteiger partial charge in [0.15, 0.2) is 0 Å². The molecule has 2 aromatic rings. The van der Waals surface area contributed by atoms with E-state index in [4.69, 9.17) is 10.00 Å². The molecule has 2 aromatic heterocycles. The monoisotopic (exact) mass is 287 g/mol. The zero-order valence-corrected chi connectivity index (χ0v) is 12.4. The van der Waals surface area contributed by atoms with Crippen LogP contribution in [0.3, 0.4) is 0 Å². The first-order chi connectivity index (χ1) is 9.69. The maximum atomic E-state index is 8.79. The highest BCUT2D eigenvalue weighted by Crippen LogP contribution is 2.17. The van der Waals surface area contributed by atoms with Crippen molar-refractivity contribution in [2.75, 3.05) is 0 Å². The van der Waals surface area contributed by atoms with Crippen LogP contribution in [0.15, 0.2) is 30.5 Å². The van der Waals surface area contributed by atoms with Crippen molar-refractivity contribution in [3.05, 3.63) is 45.8 Å². The zero-order chi connectivity index (χ0) is 14.4. The molecule has 2 rings (SSSR count). The van der Waals surface area contributed by atoms with E-state index in [9.17, 15) is 0 Å². The standard InChI is InChI=1S/C15H17N3OS/c1-11(2)19-15-12(4-3-7-18-15)9-17-10-14-6-5-13(8-16)20-14/h3-7,11,17H,9-10H2,1-2H3. The number of nitrogens with one attached hydrogen (secondary N) is 1. The van der Waals surface area contributed by atoms with Gasteiger partial charge in [-0.25, -0.2) is 4.98 Å². The Morgan fingerprint density at radius 1 is 1.35 bits per heavy atom. The van der Waals surface area contributed by atoms with Crippen LogP contribution < -0.4 is 10.1 Å². The molecule has 0 bridgehead atoms. The Hall–Kier alpha value is -1.90. The van der Waals surface area contributed by atoms with Crippen molar-refractivity contribution in [1.82, 2.24) is 10.3 Å². The minimum atomic E-state index is 0.110. The minimum absolute atomic E-state index is 0.110. The molecule has 20 heavy (non-hydrogen) atoms. The van der Waals surface area contributed by atoms with E-state index in [1.54, 1.807) is 6.20 Å². The molecule has 0 radical (unpaired) electrons. The Kier molecular flexibility index (Phi) is 5.10. The van der Waals surface area contributed by atoms with Crippen LogP contribution in [0.2, 0.25) is 0 Å². The maximum absolute atomic E-state index is 8.79. The molecule has 104 valence electrons. The van der Waals surface area contributed by atoms with Gasteiger partial charge in [-0.3, -0.25) is 0 Å². The largest absolute Gasteiger partial charge is 0.475 e. The first kappa shape index (κ1) is 14.5. The molecular weight excluding hydrogens is 270 g/mol. The summed E-state index contributed by atoms with van der Waals surface area (Å²) in [5, 5.41) is 12.1. The van der Waals surface area contributed by atoms with Crippen molar-refractivity contribution in [2.45, 2.75) is 33.0 Å². The van der Waals surface area contributed by atoms with Crippen LogP contribution in [-0.4, -0.2) is 11.1 Å². The van der Waals surface area contributed by atoms with E-state index < -0.39 is 0 Å². The fourth-order valence-corrected chi connectivity index (χ4v) is 2.52. The van der Waals surface area contributed by atoms with Gasteiger partial charge < -0.3 is 10.1 Å². The second-order valence-electron chi connectivity index (χ2n) is 4.62. The van der Waals surface area contributed by atoms with Gasteiger partial charge in [-0.05, 0) is 32.0 Å². The fraction of sp³-hybridized carbons (Fsp3) is 0.333. The molecule has 0 atom stereocenters. The summed E-state index contributed by atoms with van der Waals surface area (Å²) in [6, 6.07) is 9.88. The molecule has 2 heterocycles. The second-order valence-corrected chi connectivity index (χ2v) is 5.78. The van der Waals surface area contributed by atoms with Gasteiger partial charge >= 0.3 is 0 Å². The average molecular weight is 287 g/mol. The molecule has 0 saturated carbocycles. The van der Waals surface area contributed by atoms with Crippen molar-refractivity contribution in [1.29, 1.82) is 5.26 Å². The molecule has 0 unspecified atom stereocenters. The van der Waals surface area contributed by atoms with Gasteiger partial charge in [0.2, 0.25) is 5.88 Å². The van der Waals surface area contributed by atoms with Gasteiger partial charge in [-0.1, -0.05) is 6.07 Å². The van der Waals surface area contributed by atoms with Crippen LogP contribution in [0, 0.1) is 11.3 Å². The summed E-state index contributed by atoms with van der Waals surface area (Å²) in [6.07, 6.45) is 1.85. The normalized spacial score (nSPS) is 10.5. The Bertz CT molecular complexity index is 601. The molecule has 0 aliphatic carbocycles. The van der Waals surface area contributed by atoms with E-state index in [-0.39, 0.29) is 6.10 Å². The van der Waals surface area contributed by atoms with E-state index in [1.807, 2.05) is 38.1 Å². The summed E-state index contributed by atoms with van der Waals surface area (Å²) in [5.74, 6) is 0.680. The Labute approximate surface area is 123 Å². The summed E-state index contributed by atoms with van der Waals surface area (Å²) < 4.78 is 5.68. The predicted octanol–water partition coefficient (Wildman–Crippen LogP) is 3.09. The average Bonchev–Trinajstić information content (AvgIpc) is 2.88. The molecule has 0 fully saturated rings. The molecule has 0 aliphatic rings. The number of aromatic nitrogens is 1. The van der Waals surface area contributed by atoms with Crippen LogP contribution >= 0.6 is 11.3 Å². The highest BCUT2D eigenvalue weighted by Gasteiger charge is 2.06. The number of hydrogen-bond donors (Lipinski definition) is 1. The number of hydrogen-bond acceptors (Lipinski definition) is 5. The van der Waals surface area contributed by atoms with Crippen molar-refractivity contribution < 1.29 is 4.74 Å². The summed E-state index contributed by atoms with van der Waals surface area (Å²) in [4.78, 5) is 6.15. The third kappa shape index (κ3) is 4.05. The third-order valence-electron chi connectivity index (χ3n) is 2.58. The van der Waals surface area contributed by atoms with Crippen LogP contribution in [0.4, 0.5) is 0 Å². The predicted molar refractivity (Wildman–Crippen MR) is 79.6 cm³/mol. The van der Waals surface area contributed by atoms with E-state index in [0.29, 0.717) is 12.4 Å². The lowest BCUT2D eigenvalue weighted by Crippen LogP contribution is -2.15. The Morgan fingerprint density at radius 2 is 2.20 bits per heavy atom. The topological polar surface area (TPSA) is 57.9 Å². The first-order valence-corrected chi connectivity index (χ1v) is 7.30. The van der Waals surface area contributed by atoms with Gasteiger partial charge in [0, 0.05) is 29.7 Å². The molecule has 0 amide bonds. The van der Waals surface area contributed by atoms with Crippen LogP contribution in [0.1, 0.15) is 29.2 Å². The SMILES string of the molecule is CC(C)Oc1ncccc1CNCc1ccc(C#N)s1. The number of pyridine rings is 1. The quantitative estimate of drug-likeness (QED) is 0.887. The Morgan fingerprint density at radius 3 is 2.90 bits per heavy atom. The highest BCUT2D eigenvalue weighted by molar-refractivity contribution is 7.12. The van der Waals surface area contributed by atoms with Crippen molar-refractivity contribution in [3.8, 4) is 11.9 Å². The van der Waals surface area contributed by atoms with Gasteiger partial charge in [0.05, 0.1) is 6.10 Å². The van der Waals surface area contributed by atoms with Gasteiger partial charge in [0.1, 0.15) is 10.9 Å². The molecule has 0 aliphatic heterocycles. The third-order valence-corrected chi connectivity index (χ3v) is 3.57. The number of nitriles is 1. The maximum Gasteiger partial charge on any atom is 0.218 e. The smallest absolute Gasteiger partial charge is 0.218 e. The number of thiophene rings is 1. The lowest BCUT2D eigenvalue weighted by molar-refractivity contribution is 0.229. The summed E-state index contributed by atoms with van der Waals surface area (Å²) in [5.41, 5.74) is 1.04. The van der Waals surface area contributed by atoms with Crippen LogP contribution in [0.25, 0.3) is 0 Å². The van der Waals surface area contributed by atoms with E-state index in [1.165, 1.54) is 11.3 Å². The molecule has 0 spiro atoms. The number of nitrogens with zero attached hydrogens (tertiary/aromatic N) is 2. The lowest BCUT2D eigenvalue weighted by atomic mass is 10.2. The first-order valence-electron chi connectivity index (χ1n) is 6.49. The summed E-state index contributed by atoms with van der Waals surface area (Å²) in [7, 11) is 0. The zero-order valence-electron chi connectivity index (χ0n) is 11.6. The van der Waals surface area contributed by atoms with Gasteiger partial charge in [-0.2, -0.15) is 5.26 Å². The van der Waals surface area contributed by atoms with Crippen molar-refractivity contribution in [2.24, 2.45) is 0 Å². The molecule has 0 saturated heterocycles. The molecular formula is C15H17N3OS. The fourth-order valence-electron chi connectivity index (χ4n) is 1.74. The second kappa shape index (κ2) is 7.04. The molecule has 4 nitrogen and oxygen atoms in total. The lowest BCUT2D eigenvalue weighted by Gasteiger charge is -2.13. The van der Waals surface area contributed by atoms with Gasteiger partial charge in [-0.15, -0.1) is 11.3 Å². The minimum Gasteiger partial charge on any atom is -0.475 e. The molecule has 1 N–H and O–H groups in total. The van der Waals surface area contributed by atoms with E-state index in [2.05, 4.69) is 16.4 Å². The van der Waals surface area contributed by atoms with E-state index >= 15 is 0 Å². The molecule has 0 aromatic carbocycles. The summed E-state index contributed by atoms with van der Waals surface area (Å²) in [6.45, 7) is 5.40. The van der Waals surface area contributed by atoms with Crippen molar-refractivity contribution in [3.63, 3.8) is 0 Å². The molecule has 5 heteroatoms. The van der Waals surface area contributed by atoms with Crippen molar-refractivity contribution >= 4 is 11.3 Å². The summed E-state index contributed by atoms with van der Waals surface area (Å²) >= 11 is 1.51. The highest BCUT2D eigenvalue weighted by atomic mass is 32.1. The van der Waals surface area contributed by atoms with E-state index in [0.717, 1.165) is 21.9 Å². The van der Waals surface area contributed by atoms with Gasteiger partial charge in [0.25, 0.3) is 0 Å². The Balaban J connectivity index is 1.92. The van der Waals surface area contributed by atoms with Crippen LogP contribution in [-0.2, 0) is 13.1 Å². The number of rotatable bonds is 6. The number of ether oxygens (including phenoxy) is 1. The van der Waals surface area contributed by atoms with Crippen LogP contribution in [0.5, 0.6) is 5.88 Å².